The smallest absolute Gasteiger partial charge is 0.146 e. The highest BCUT2D eigenvalue weighted by atomic mass is 19.1. The number of rotatable bonds is 1. The van der Waals surface area contributed by atoms with Crippen LogP contribution in [-0.2, 0) is 0 Å². The van der Waals surface area contributed by atoms with E-state index in [1.165, 1.54) is 32.1 Å². The number of hydrogen-bond acceptors (Lipinski definition) is 1. The van der Waals surface area contributed by atoms with E-state index in [1.54, 1.807) is 12.1 Å². The first-order chi connectivity index (χ1) is 6.77. The third-order valence-corrected chi connectivity index (χ3v) is 3.10. The maximum absolute atomic E-state index is 13.2. The van der Waals surface area contributed by atoms with E-state index >= 15 is 0 Å². The summed E-state index contributed by atoms with van der Waals surface area (Å²) >= 11 is 0. The largest absolute Gasteiger partial charge is 0.396 e. The van der Waals surface area contributed by atoms with Crippen molar-refractivity contribution >= 4 is 5.69 Å². The molecule has 0 spiro atoms. The van der Waals surface area contributed by atoms with Crippen molar-refractivity contribution in [3.05, 3.63) is 29.6 Å². The predicted molar refractivity (Wildman–Crippen MR) is 56.6 cm³/mol. The molecule has 0 saturated heterocycles. The van der Waals surface area contributed by atoms with Gasteiger partial charge in [0, 0.05) is 0 Å². The van der Waals surface area contributed by atoms with Gasteiger partial charge in [-0.05, 0) is 36.5 Å². The second-order valence-electron chi connectivity index (χ2n) is 4.12. The van der Waals surface area contributed by atoms with E-state index < -0.39 is 0 Å². The van der Waals surface area contributed by atoms with Crippen LogP contribution in [0.2, 0.25) is 0 Å². The highest BCUT2D eigenvalue weighted by Crippen LogP contribution is 2.33. The number of halogens is 1. The molecule has 0 heterocycles. The Kier molecular flexibility index (Phi) is 2.71. The molecule has 2 heteroatoms. The van der Waals surface area contributed by atoms with Crippen LogP contribution in [0.3, 0.4) is 0 Å². The maximum atomic E-state index is 13.2. The van der Waals surface area contributed by atoms with Crippen molar-refractivity contribution < 1.29 is 4.39 Å². The van der Waals surface area contributed by atoms with Crippen molar-refractivity contribution in [1.29, 1.82) is 0 Å². The molecule has 2 N–H and O–H groups in total. The summed E-state index contributed by atoms with van der Waals surface area (Å²) in [6, 6.07) is 5.25. The van der Waals surface area contributed by atoms with Crippen molar-refractivity contribution in [2.24, 2.45) is 0 Å². The lowest BCUT2D eigenvalue weighted by Crippen LogP contribution is -2.05. The van der Waals surface area contributed by atoms with Gasteiger partial charge in [0.2, 0.25) is 0 Å². The van der Waals surface area contributed by atoms with Crippen LogP contribution < -0.4 is 5.73 Å². The lowest BCUT2D eigenvalue weighted by atomic mass is 9.84. The fourth-order valence-electron chi connectivity index (χ4n) is 2.23. The van der Waals surface area contributed by atoms with Crippen molar-refractivity contribution in [3.8, 4) is 0 Å². The van der Waals surface area contributed by atoms with Crippen LogP contribution in [0, 0.1) is 5.82 Å². The zero-order chi connectivity index (χ0) is 9.97. The standard InChI is InChI=1S/C12H16FN/c13-11-8-10(6-7-12(11)14)9-4-2-1-3-5-9/h6-9H,1-5,14H2. The molecule has 2 rings (SSSR count). The van der Waals surface area contributed by atoms with Gasteiger partial charge in [-0.3, -0.25) is 0 Å². The van der Waals surface area contributed by atoms with Crippen molar-refractivity contribution in [2.75, 3.05) is 5.73 Å². The zero-order valence-corrected chi connectivity index (χ0v) is 8.30. The Hall–Kier alpha value is -1.05. The summed E-state index contributed by atoms with van der Waals surface area (Å²) < 4.78 is 13.2. The van der Waals surface area contributed by atoms with E-state index in [0.29, 0.717) is 5.92 Å². The number of nitrogens with two attached hydrogens (primary N) is 1. The first-order valence-electron chi connectivity index (χ1n) is 5.32. The fourth-order valence-corrected chi connectivity index (χ4v) is 2.23. The molecular weight excluding hydrogens is 177 g/mol. The Morgan fingerprint density at radius 1 is 1.14 bits per heavy atom. The monoisotopic (exact) mass is 193 g/mol. The Balaban J connectivity index is 2.18. The molecule has 1 saturated carbocycles. The van der Waals surface area contributed by atoms with E-state index in [-0.39, 0.29) is 11.5 Å². The van der Waals surface area contributed by atoms with Gasteiger partial charge < -0.3 is 5.73 Å². The molecule has 1 aromatic rings. The zero-order valence-electron chi connectivity index (χ0n) is 8.30. The number of hydrogen-bond donors (Lipinski definition) is 1. The normalized spacial score (nSPS) is 18.4. The number of nitrogen functional groups attached to an aromatic ring is 1. The molecule has 1 fully saturated rings. The van der Waals surface area contributed by atoms with Gasteiger partial charge in [0.05, 0.1) is 5.69 Å². The Labute approximate surface area is 84.1 Å². The molecule has 1 aromatic carbocycles. The minimum Gasteiger partial charge on any atom is -0.396 e. The van der Waals surface area contributed by atoms with Crippen LogP contribution in [-0.4, -0.2) is 0 Å². The molecule has 1 aliphatic rings. The van der Waals surface area contributed by atoms with E-state index in [9.17, 15) is 4.39 Å². The summed E-state index contributed by atoms with van der Waals surface area (Å²) in [6.45, 7) is 0. The summed E-state index contributed by atoms with van der Waals surface area (Å²) in [5.74, 6) is 0.284. The van der Waals surface area contributed by atoms with Crippen molar-refractivity contribution in [1.82, 2.24) is 0 Å². The summed E-state index contributed by atoms with van der Waals surface area (Å²) in [5, 5.41) is 0. The van der Waals surface area contributed by atoms with E-state index in [4.69, 9.17) is 5.73 Å². The number of benzene rings is 1. The quantitative estimate of drug-likeness (QED) is 0.679. The molecule has 0 bridgehead atoms. The van der Waals surface area contributed by atoms with Crippen molar-refractivity contribution in [2.45, 2.75) is 38.0 Å². The van der Waals surface area contributed by atoms with E-state index in [0.717, 1.165) is 5.56 Å². The maximum Gasteiger partial charge on any atom is 0.146 e. The Bertz CT molecular complexity index is 316. The van der Waals surface area contributed by atoms with Crippen LogP contribution in [0.1, 0.15) is 43.6 Å². The fraction of sp³-hybridized carbons (Fsp3) is 0.500. The van der Waals surface area contributed by atoms with Gasteiger partial charge in [-0.2, -0.15) is 0 Å². The van der Waals surface area contributed by atoms with Crippen LogP contribution in [0.4, 0.5) is 10.1 Å². The highest BCUT2D eigenvalue weighted by molar-refractivity contribution is 5.42. The van der Waals surface area contributed by atoms with E-state index in [1.807, 2.05) is 6.07 Å². The van der Waals surface area contributed by atoms with E-state index in [2.05, 4.69) is 0 Å². The van der Waals surface area contributed by atoms with Gasteiger partial charge in [-0.15, -0.1) is 0 Å². The third-order valence-electron chi connectivity index (χ3n) is 3.10. The molecule has 0 radical (unpaired) electrons. The van der Waals surface area contributed by atoms with Gasteiger partial charge in [0.1, 0.15) is 5.82 Å². The minimum atomic E-state index is -0.270. The predicted octanol–water partition coefficient (Wildman–Crippen LogP) is 3.46. The topological polar surface area (TPSA) is 26.0 Å². The van der Waals surface area contributed by atoms with Crippen molar-refractivity contribution in [3.63, 3.8) is 0 Å². The molecule has 76 valence electrons. The van der Waals surface area contributed by atoms with Gasteiger partial charge in [0.25, 0.3) is 0 Å². The molecule has 14 heavy (non-hydrogen) atoms. The molecule has 0 atom stereocenters. The molecular formula is C12H16FN. The van der Waals surface area contributed by atoms with Gasteiger partial charge in [0.15, 0.2) is 0 Å². The second kappa shape index (κ2) is 3.99. The Morgan fingerprint density at radius 3 is 2.50 bits per heavy atom. The summed E-state index contributed by atoms with van der Waals surface area (Å²) in [7, 11) is 0. The van der Waals surface area contributed by atoms with Gasteiger partial charge in [-0.1, -0.05) is 25.3 Å². The third kappa shape index (κ3) is 1.89. The first kappa shape index (κ1) is 9.50. The molecule has 0 aliphatic heterocycles. The Morgan fingerprint density at radius 2 is 1.86 bits per heavy atom. The van der Waals surface area contributed by atoms with Crippen LogP contribution >= 0.6 is 0 Å². The lowest BCUT2D eigenvalue weighted by Gasteiger charge is -2.22. The summed E-state index contributed by atoms with van der Waals surface area (Å²) in [6.07, 6.45) is 6.27. The van der Waals surface area contributed by atoms with Gasteiger partial charge >= 0.3 is 0 Å². The summed E-state index contributed by atoms with van der Waals surface area (Å²) in [5.41, 5.74) is 6.82. The number of anilines is 1. The lowest BCUT2D eigenvalue weighted by molar-refractivity contribution is 0.442. The minimum absolute atomic E-state index is 0.254. The molecule has 1 aliphatic carbocycles. The first-order valence-corrected chi connectivity index (χ1v) is 5.32. The second-order valence-corrected chi connectivity index (χ2v) is 4.12. The average Bonchev–Trinajstić information content (AvgIpc) is 2.23. The average molecular weight is 193 g/mol. The molecule has 0 aromatic heterocycles. The SMILES string of the molecule is Nc1ccc(C2CCCCC2)cc1F. The van der Waals surface area contributed by atoms with Crippen LogP contribution in [0.25, 0.3) is 0 Å². The van der Waals surface area contributed by atoms with Crippen LogP contribution in [0.15, 0.2) is 18.2 Å². The van der Waals surface area contributed by atoms with Gasteiger partial charge in [-0.25, -0.2) is 4.39 Å². The molecule has 0 unspecified atom stereocenters. The summed E-state index contributed by atoms with van der Waals surface area (Å²) in [4.78, 5) is 0. The van der Waals surface area contributed by atoms with Crippen LogP contribution in [0.5, 0.6) is 0 Å². The molecule has 1 nitrogen and oxygen atoms in total. The molecule has 0 amide bonds. The highest BCUT2D eigenvalue weighted by Gasteiger charge is 2.16.